The first kappa shape index (κ1) is 24.6. The molecule has 2 aromatic carbocycles. The van der Waals surface area contributed by atoms with Crippen LogP contribution in [0.15, 0.2) is 42.5 Å². The molecule has 0 unspecified atom stereocenters. The molecule has 2 aromatic rings. The lowest BCUT2D eigenvalue weighted by molar-refractivity contribution is 0.128. The van der Waals surface area contributed by atoms with Gasteiger partial charge in [-0.05, 0) is 31.0 Å². The van der Waals surface area contributed by atoms with Crippen LogP contribution in [0, 0.1) is 0 Å². The molecule has 2 rings (SSSR count). The minimum Gasteiger partial charge on any atom is -0.493 e. The maximum Gasteiger partial charge on any atom is 0.166 e. The maximum atomic E-state index is 6.25. The first-order valence-electron chi connectivity index (χ1n) is 9.56. The Bertz CT molecular complexity index is 668. The Morgan fingerprint density at radius 1 is 1.04 bits per heavy atom. The summed E-state index contributed by atoms with van der Waals surface area (Å²) in [7, 11) is 1.63. The van der Waals surface area contributed by atoms with Crippen LogP contribution in [0.1, 0.15) is 37.3 Å². The quantitative estimate of drug-likeness (QED) is 0.419. The molecule has 0 aliphatic carbocycles. The van der Waals surface area contributed by atoms with Gasteiger partial charge < -0.3 is 19.5 Å². The van der Waals surface area contributed by atoms with Crippen molar-refractivity contribution in [1.29, 1.82) is 0 Å². The van der Waals surface area contributed by atoms with Gasteiger partial charge >= 0.3 is 0 Å². The summed E-state index contributed by atoms with van der Waals surface area (Å²) >= 11 is 6.25. The molecular formula is C22H31Cl2NO3. The first-order valence-corrected chi connectivity index (χ1v) is 9.94. The van der Waals surface area contributed by atoms with Crippen LogP contribution < -0.4 is 14.8 Å². The van der Waals surface area contributed by atoms with E-state index in [1.54, 1.807) is 13.2 Å². The van der Waals surface area contributed by atoms with Gasteiger partial charge in [0.15, 0.2) is 11.5 Å². The van der Waals surface area contributed by atoms with E-state index in [9.17, 15) is 0 Å². The van der Waals surface area contributed by atoms with Gasteiger partial charge in [0.05, 0.1) is 7.11 Å². The van der Waals surface area contributed by atoms with Crippen LogP contribution in [-0.4, -0.2) is 26.9 Å². The summed E-state index contributed by atoms with van der Waals surface area (Å²) < 4.78 is 17.1. The summed E-state index contributed by atoms with van der Waals surface area (Å²) in [5, 5.41) is 4.07. The van der Waals surface area contributed by atoms with Crippen molar-refractivity contribution < 1.29 is 14.2 Å². The second-order valence-electron chi connectivity index (χ2n) is 6.37. The molecule has 0 saturated heterocycles. The fraction of sp³-hybridized carbons (Fsp3) is 0.455. The van der Waals surface area contributed by atoms with Gasteiger partial charge in [-0.3, -0.25) is 0 Å². The van der Waals surface area contributed by atoms with Gasteiger partial charge in [0.2, 0.25) is 0 Å². The normalized spacial score (nSPS) is 10.4. The van der Waals surface area contributed by atoms with Crippen molar-refractivity contribution in [3.8, 4) is 11.5 Å². The molecule has 1 N–H and O–H groups in total. The van der Waals surface area contributed by atoms with Crippen LogP contribution >= 0.6 is 24.0 Å². The van der Waals surface area contributed by atoms with E-state index in [4.69, 9.17) is 25.8 Å². The molecule has 0 aromatic heterocycles. The molecule has 0 aliphatic rings. The second-order valence-corrected chi connectivity index (χ2v) is 6.80. The SMILES string of the molecule is CCCCOCCCNCc1cc(Cl)cc(OC)c1OCc1ccccc1.Cl. The Balaban J connectivity index is 0.00000392. The Hall–Kier alpha value is -1.46. The molecule has 0 spiro atoms. The predicted octanol–water partition coefficient (Wildman–Crippen LogP) is 5.65. The fourth-order valence-corrected chi connectivity index (χ4v) is 2.90. The predicted molar refractivity (Wildman–Crippen MR) is 118 cm³/mol. The van der Waals surface area contributed by atoms with Crippen molar-refractivity contribution in [2.75, 3.05) is 26.9 Å². The Morgan fingerprint density at radius 2 is 1.79 bits per heavy atom. The number of halogens is 2. The fourth-order valence-electron chi connectivity index (χ4n) is 2.67. The third-order valence-corrected chi connectivity index (χ3v) is 4.36. The van der Waals surface area contributed by atoms with Crippen molar-refractivity contribution in [3.05, 3.63) is 58.6 Å². The highest BCUT2D eigenvalue weighted by Gasteiger charge is 2.13. The van der Waals surface area contributed by atoms with Gasteiger partial charge in [0.25, 0.3) is 0 Å². The number of ether oxygens (including phenoxy) is 3. The van der Waals surface area contributed by atoms with Gasteiger partial charge in [-0.2, -0.15) is 0 Å². The highest BCUT2D eigenvalue weighted by molar-refractivity contribution is 6.30. The molecule has 156 valence electrons. The summed E-state index contributed by atoms with van der Waals surface area (Å²) in [6.45, 7) is 5.82. The summed E-state index contributed by atoms with van der Waals surface area (Å²) in [5.74, 6) is 1.38. The van der Waals surface area contributed by atoms with Crippen molar-refractivity contribution in [2.24, 2.45) is 0 Å². The molecule has 0 saturated carbocycles. The van der Waals surface area contributed by atoms with E-state index < -0.39 is 0 Å². The smallest absolute Gasteiger partial charge is 0.166 e. The number of methoxy groups -OCH3 is 1. The lowest BCUT2D eigenvalue weighted by atomic mass is 10.1. The number of nitrogens with one attached hydrogen (secondary N) is 1. The van der Waals surface area contributed by atoms with E-state index in [-0.39, 0.29) is 12.4 Å². The van der Waals surface area contributed by atoms with Crippen LogP contribution in [-0.2, 0) is 17.9 Å². The van der Waals surface area contributed by atoms with Gasteiger partial charge in [-0.1, -0.05) is 55.3 Å². The highest BCUT2D eigenvalue weighted by atomic mass is 35.5. The molecule has 0 aliphatic heterocycles. The summed E-state index contributed by atoms with van der Waals surface area (Å²) in [4.78, 5) is 0. The number of hydrogen-bond acceptors (Lipinski definition) is 4. The zero-order valence-electron chi connectivity index (χ0n) is 16.7. The van der Waals surface area contributed by atoms with E-state index in [0.717, 1.165) is 49.5 Å². The van der Waals surface area contributed by atoms with E-state index in [1.807, 2.05) is 36.4 Å². The lowest BCUT2D eigenvalue weighted by Gasteiger charge is -2.16. The second kappa shape index (κ2) is 14.5. The van der Waals surface area contributed by atoms with E-state index in [2.05, 4.69) is 12.2 Å². The Kier molecular flexibility index (Phi) is 12.8. The van der Waals surface area contributed by atoms with Crippen molar-refractivity contribution in [3.63, 3.8) is 0 Å². The summed E-state index contributed by atoms with van der Waals surface area (Å²) in [6, 6.07) is 13.8. The molecule has 4 nitrogen and oxygen atoms in total. The average Bonchev–Trinajstić information content (AvgIpc) is 2.69. The molecule has 0 atom stereocenters. The summed E-state index contributed by atoms with van der Waals surface area (Å²) in [5.41, 5.74) is 2.10. The minimum atomic E-state index is 0. The maximum absolute atomic E-state index is 6.25. The summed E-state index contributed by atoms with van der Waals surface area (Å²) in [6.07, 6.45) is 3.26. The minimum absolute atomic E-state index is 0. The topological polar surface area (TPSA) is 39.7 Å². The molecular weight excluding hydrogens is 397 g/mol. The van der Waals surface area contributed by atoms with Crippen LogP contribution in [0.5, 0.6) is 11.5 Å². The Morgan fingerprint density at radius 3 is 2.50 bits per heavy atom. The third-order valence-electron chi connectivity index (χ3n) is 4.14. The van der Waals surface area contributed by atoms with Crippen LogP contribution in [0.4, 0.5) is 0 Å². The van der Waals surface area contributed by atoms with Gasteiger partial charge in [0, 0.05) is 36.4 Å². The number of hydrogen-bond donors (Lipinski definition) is 1. The van der Waals surface area contributed by atoms with Crippen molar-refractivity contribution in [1.82, 2.24) is 5.32 Å². The Labute approximate surface area is 179 Å². The molecule has 28 heavy (non-hydrogen) atoms. The van der Waals surface area contributed by atoms with Crippen molar-refractivity contribution in [2.45, 2.75) is 39.3 Å². The van der Waals surface area contributed by atoms with Crippen LogP contribution in [0.25, 0.3) is 0 Å². The largest absolute Gasteiger partial charge is 0.493 e. The molecule has 0 radical (unpaired) electrons. The van der Waals surface area contributed by atoms with Crippen LogP contribution in [0.2, 0.25) is 5.02 Å². The van der Waals surface area contributed by atoms with E-state index in [1.165, 1.54) is 6.42 Å². The van der Waals surface area contributed by atoms with Crippen LogP contribution in [0.3, 0.4) is 0 Å². The van der Waals surface area contributed by atoms with Gasteiger partial charge in [0.1, 0.15) is 6.61 Å². The monoisotopic (exact) mass is 427 g/mol. The third kappa shape index (κ3) is 8.70. The molecule has 0 fully saturated rings. The standard InChI is InChI=1S/C22H30ClNO3.ClH/c1-3-4-12-26-13-8-11-24-16-19-14-20(23)15-21(25-2)22(19)27-17-18-9-6-5-7-10-18;/h5-7,9-10,14-15,24H,3-4,8,11-13,16-17H2,1-2H3;1H. The van der Waals surface area contributed by atoms with E-state index in [0.29, 0.717) is 23.9 Å². The molecule has 6 heteroatoms. The first-order chi connectivity index (χ1) is 13.2. The highest BCUT2D eigenvalue weighted by Crippen LogP contribution is 2.35. The zero-order chi connectivity index (χ0) is 19.3. The number of unbranched alkanes of at least 4 members (excludes halogenated alkanes) is 1. The number of benzene rings is 2. The van der Waals surface area contributed by atoms with Gasteiger partial charge in [-0.15, -0.1) is 12.4 Å². The molecule has 0 amide bonds. The average molecular weight is 428 g/mol. The lowest BCUT2D eigenvalue weighted by Crippen LogP contribution is -2.17. The molecule has 0 bridgehead atoms. The van der Waals surface area contributed by atoms with Gasteiger partial charge in [-0.25, -0.2) is 0 Å². The number of rotatable bonds is 13. The molecule has 0 heterocycles. The zero-order valence-corrected chi connectivity index (χ0v) is 18.3. The van der Waals surface area contributed by atoms with Crippen molar-refractivity contribution >= 4 is 24.0 Å². The van der Waals surface area contributed by atoms with E-state index >= 15 is 0 Å².